The molecule has 0 aromatic rings. The second kappa shape index (κ2) is 15.8. The summed E-state index contributed by atoms with van der Waals surface area (Å²) in [5.41, 5.74) is 0.385. The lowest BCUT2D eigenvalue weighted by Crippen LogP contribution is -2.63. The maximum atomic E-state index is 8.05. The molecule has 0 radical (unpaired) electrons. The van der Waals surface area contributed by atoms with Gasteiger partial charge >= 0.3 is 0 Å². The molecule has 0 spiro atoms. The summed E-state index contributed by atoms with van der Waals surface area (Å²) in [6, 6.07) is 2.36. The summed E-state index contributed by atoms with van der Waals surface area (Å²) in [7, 11) is 0. The average Bonchev–Trinajstić information content (AvgIpc) is 3.78. The summed E-state index contributed by atoms with van der Waals surface area (Å²) in [5, 5.41) is 1.86. The quantitative estimate of drug-likeness (QED) is 0.278. The average molecular weight is 746 g/mol. The minimum absolute atomic E-state index is 0.385. The largest absolute Gasteiger partial charge is 0.372 e. The Morgan fingerprint density at radius 3 is 1.75 bits per heavy atom. The van der Waals surface area contributed by atoms with Crippen molar-refractivity contribution in [1.82, 2.24) is 4.90 Å². The summed E-state index contributed by atoms with van der Waals surface area (Å²) >= 11 is 2.47. The molecule has 2 heterocycles. The third-order valence-electron chi connectivity index (χ3n) is 19.7. The van der Waals surface area contributed by atoms with E-state index in [1.807, 2.05) is 0 Å². The Hall–Kier alpha value is 0.270. The zero-order valence-electron chi connectivity index (χ0n) is 35.0. The van der Waals surface area contributed by atoms with Crippen molar-refractivity contribution in [3.63, 3.8) is 0 Å². The second-order valence-electron chi connectivity index (χ2n) is 23.0. The van der Waals surface area contributed by atoms with Gasteiger partial charge in [-0.2, -0.15) is 11.8 Å². The second-order valence-corrected chi connectivity index (χ2v) is 24.5. The van der Waals surface area contributed by atoms with Crippen LogP contribution in [0.15, 0.2) is 0 Å². The molecule has 0 bridgehead atoms. The zero-order valence-corrected chi connectivity index (χ0v) is 35.8. The number of hydrogen-bond donors (Lipinski definition) is 0. The molecular weight excluding hydrogens is 663 g/mol. The highest BCUT2D eigenvalue weighted by Gasteiger charge is 2.63. The van der Waals surface area contributed by atoms with E-state index in [4.69, 9.17) is 4.74 Å². The van der Waals surface area contributed by atoms with Crippen LogP contribution in [0.25, 0.3) is 0 Å². The van der Waals surface area contributed by atoms with E-state index < -0.39 is 0 Å². The molecule has 8 saturated carbocycles. The third kappa shape index (κ3) is 7.01. The molecule has 14 atom stereocenters. The first kappa shape index (κ1) is 37.5. The van der Waals surface area contributed by atoms with Crippen molar-refractivity contribution in [2.75, 3.05) is 0 Å². The Morgan fingerprint density at radius 2 is 1.02 bits per heavy atom. The highest BCUT2D eigenvalue weighted by atomic mass is 32.2. The first-order valence-electron chi connectivity index (χ1n) is 25.0. The van der Waals surface area contributed by atoms with Gasteiger partial charge in [0.05, 0.1) is 12.2 Å². The van der Waals surface area contributed by atoms with Gasteiger partial charge in [-0.05, 0) is 154 Å². The molecule has 300 valence electrons. The molecule has 53 heavy (non-hydrogen) atoms. The number of fused-ring (bicyclic) bond motifs is 8. The Labute approximate surface area is 332 Å². The van der Waals surface area contributed by atoms with Crippen molar-refractivity contribution in [2.45, 2.75) is 241 Å². The molecule has 2 nitrogen and oxygen atoms in total. The fourth-order valence-corrected chi connectivity index (χ4v) is 19.7. The Kier molecular flexibility index (Phi) is 11.2. The van der Waals surface area contributed by atoms with E-state index >= 15 is 0 Å². The van der Waals surface area contributed by atoms with Crippen molar-refractivity contribution in [3.05, 3.63) is 0 Å². The lowest BCUT2D eigenvalue weighted by atomic mass is 9.56. The molecule has 0 N–H and O–H groups in total. The molecule has 0 aromatic heterocycles. The van der Waals surface area contributed by atoms with Crippen LogP contribution in [-0.2, 0) is 4.74 Å². The van der Waals surface area contributed by atoms with Gasteiger partial charge < -0.3 is 4.74 Å². The molecule has 0 aromatic carbocycles. The molecule has 8 aliphatic carbocycles. The molecule has 2 saturated heterocycles. The minimum Gasteiger partial charge on any atom is -0.372 e. The van der Waals surface area contributed by atoms with Crippen molar-refractivity contribution in [3.8, 4) is 0 Å². The summed E-state index contributed by atoms with van der Waals surface area (Å²) in [6.07, 6.45) is 43.6. The highest BCUT2D eigenvalue weighted by molar-refractivity contribution is 8.00. The molecule has 14 unspecified atom stereocenters. The molecular formula is C50H83NOS. The van der Waals surface area contributed by atoms with E-state index in [1.54, 1.807) is 57.8 Å². The van der Waals surface area contributed by atoms with Gasteiger partial charge in [-0.1, -0.05) is 111 Å². The van der Waals surface area contributed by atoms with Crippen molar-refractivity contribution in [1.29, 1.82) is 0 Å². The molecule has 2 aliphatic heterocycles. The van der Waals surface area contributed by atoms with E-state index in [0.29, 0.717) is 23.7 Å². The van der Waals surface area contributed by atoms with Gasteiger partial charge in [0.25, 0.3) is 0 Å². The van der Waals surface area contributed by atoms with Crippen LogP contribution in [0.4, 0.5) is 0 Å². The van der Waals surface area contributed by atoms with E-state index in [-0.39, 0.29) is 0 Å². The minimum atomic E-state index is 0.385. The first-order chi connectivity index (χ1) is 25.9. The molecule has 10 fully saturated rings. The first-order valence-corrected chi connectivity index (χ1v) is 26.0. The smallest absolute Gasteiger partial charge is 0.0769 e. The lowest BCUT2D eigenvalue weighted by molar-refractivity contribution is -0.130. The van der Waals surface area contributed by atoms with Gasteiger partial charge in [-0.3, -0.25) is 4.90 Å². The lowest BCUT2D eigenvalue weighted by Gasteiger charge is -2.58. The molecule has 10 aliphatic rings. The van der Waals surface area contributed by atoms with Crippen LogP contribution in [0.5, 0.6) is 0 Å². The number of rotatable bonds is 5. The van der Waals surface area contributed by atoms with Crippen LogP contribution >= 0.6 is 11.8 Å². The third-order valence-corrected chi connectivity index (χ3v) is 21.6. The van der Waals surface area contributed by atoms with Gasteiger partial charge in [-0.25, -0.2) is 0 Å². The number of thioether (sulfide) groups is 1. The zero-order chi connectivity index (χ0) is 35.7. The highest BCUT2D eigenvalue weighted by Crippen LogP contribution is 2.64. The monoisotopic (exact) mass is 746 g/mol. The van der Waals surface area contributed by atoms with Gasteiger partial charge in [0.2, 0.25) is 0 Å². The van der Waals surface area contributed by atoms with Crippen molar-refractivity contribution >= 4 is 11.8 Å². The number of nitrogens with zero attached hydrogens (tertiary/aromatic N) is 1. The fourth-order valence-electron chi connectivity index (χ4n) is 17.6. The van der Waals surface area contributed by atoms with Crippen LogP contribution in [0, 0.1) is 70.5 Å². The Morgan fingerprint density at radius 1 is 0.415 bits per heavy atom. The Bertz CT molecular complexity index is 1210. The standard InChI is InChI=1S/C50H83NOS/c1-50(2,3)41-28-30-43(49-46(41)40-27-31-45-47(48(40)52-49)39-20-12-13-21-44(39)53-45)51(35-24-22-33(23-25-35)32-14-6-4-7-15-32)42-29-26-36(34-16-8-5-9-17-34)37-18-10-11-19-38(37)42/h32-49H,4-31H2,1-3H3. The van der Waals surface area contributed by atoms with Crippen LogP contribution < -0.4 is 0 Å². The van der Waals surface area contributed by atoms with E-state index in [0.717, 1.165) is 87.7 Å². The predicted octanol–water partition coefficient (Wildman–Crippen LogP) is 13.5. The van der Waals surface area contributed by atoms with Crippen LogP contribution in [-0.4, -0.2) is 45.7 Å². The van der Waals surface area contributed by atoms with E-state index in [1.165, 1.54) is 122 Å². The van der Waals surface area contributed by atoms with Gasteiger partial charge in [0.1, 0.15) is 0 Å². The van der Waals surface area contributed by atoms with E-state index in [2.05, 4.69) is 37.4 Å². The van der Waals surface area contributed by atoms with Crippen molar-refractivity contribution in [2.24, 2.45) is 70.5 Å². The topological polar surface area (TPSA) is 12.5 Å². The maximum Gasteiger partial charge on any atom is 0.0769 e. The van der Waals surface area contributed by atoms with Gasteiger partial charge in [0.15, 0.2) is 0 Å². The van der Waals surface area contributed by atoms with Gasteiger partial charge in [0, 0.05) is 34.5 Å². The molecule has 3 heteroatoms. The maximum absolute atomic E-state index is 8.05. The summed E-state index contributed by atoms with van der Waals surface area (Å²) in [4.78, 5) is 3.45. The summed E-state index contributed by atoms with van der Waals surface area (Å²) in [6.45, 7) is 7.88. The van der Waals surface area contributed by atoms with E-state index in [9.17, 15) is 0 Å². The molecule has 10 rings (SSSR count). The van der Waals surface area contributed by atoms with Crippen LogP contribution in [0.2, 0.25) is 0 Å². The number of hydrogen-bond acceptors (Lipinski definition) is 3. The summed E-state index contributed by atoms with van der Waals surface area (Å²) in [5.74, 6) is 10.5. The fraction of sp³-hybridized carbons (Fsp3) is 1.00. The van der Waals surface area contributed by atoms with Crippen LogP contribution in [0.1, 0.15) is 201 Å². The predicted molar refractivity (Wildman–Crippen MR) is 224 cm³/mol. The Balaban J connectivity index is 0.977. The SMILES string of the molecule is CC(C)(C)C1CCC(N(C2CCC(C3CCCCC3)CC2)C2CCC(C3CCCCC3)C3CCCCC32)C2OC3C(CCC4SC5CCCCC5C43)C21. The normalized spacial score (nSPS) is 49.8. The van der Waals surface area contributed by atoms with Gasteiger partial charge in [-0.15, -0.1) is 0 Å². The molecule has 0 amide bonds. The van der Waals surface area contributed by atoms with Crippen molar-refractivity contribution < 1.29 is 4.74 Å². The number of ether oxygens (including phenoxy) is 1. The summed E-state index contributed by atoms with van der Waals surface area (Å²) < 4.78 is 8.05. The van der Waals surface area contributed by atoms with Crippen LogP contribution in [0.3, 0.4) is 0 Å².